The molecule has 0 aliphatic carbocycles. The highest BCUT2D eigenvalue weighted by Crippen LogP contribution is 2.54. The van der Waals surface area contributed by atoms with Crippen LogP contribution in [0.4, 0.5) is 0 Å². The lowest BCUT2D eigenvalue weighted by Gasteiger charge is -2.49. The molecule has 3 nitrogen and oxygen atoms in total. The van der Waals surface area contributed by atoms with Gasteiger partial charge in [-0.3, -0.25) is 0 Å². The molecule has 0 N–H and O–H groups in total. The van der Waals surface area contributed by atoms with Crippen molar-refractivity contribution in [2.24, 2.45) is 11.8 Å². The maximum atomic E-state index is 6.24. The van der Waals surface area contributed by atoms with Gasteiger partial charge in [-0.05, 0) is 25.7 Å². The van der Waals surface area contributed by atoms with Crippen LogP contribution in [-0.4, -0.2) is 29.1 Å². The van der Waals surface area contributed by atoms with Crippen LogP contribution in [-0.2, 0) is 13.3 Å². The van der Waals surface area contributed by atoms with E-state index in [2.05, 4.69) is 34.6 Å². The van der Waals surface area contributed by atoms with Crippen LogP contribution in [0.15, 0.2) is 0 Å². The van der Waals surface area contributed by atoms with E-state index in [1.54, 1.807) is 14.2 Å². The molecule has 0 fully saturated rings. The molecule has 19 heavy (non-hydrogen) atoms. The van der Waals surface area contributed by atoms with E-state index in [9.17, 15) is 0 Å². The summed E-state index contributed by atoms with van der Waals surface area (Å²) in [6.07, 6.45) is 2.31. The Morgan fingerprint density at radius 3 is 1.47 bits per heavy atom. The van der Waals surface area contributed by atoms with Crippen molar-refractivity contribution >= 4 is 8.80 Å². The molecule has 116 valence electrons. The summed E-state index contributed by atoms with van der Waals surface area (Å²) in [5.74, 6) is 0.987. The molecule has 0 aromatic heterocycles. The van der Waals surface area contributed by atoms with Crippen molar-refractivity contribution < 1.29 is 13.3 Å². The summed E-state index contributed by atoms with van der Waals surface area (Å²) in [4.78, 5) is 0. The zero-order chi connectivity index (χ0) is 15.3. The molecule has 0 heterocycles. The van der Waals surface area contributed by atoms with Gasteiger partial charge in [0.05, 0.1) is 0 Å². The van der Waals surface area contributed by atoms with E-state index in [0.717, 1.165) is 12.8 Å². The zero-order valence-corrected chi connectivity index (χ0v) is 15.4. The Bertz CT molecular complexity index is 242. The molecular weight excluding hydrogens is 256 g/mol. The first-order valence-corrected chi connectivity index (χ1v) is 9.26. The molecule has 0 spiro atoms. The Morgan fingerprint density at radius 2 is 1.26 bits per heavy atom. The minimum Gasteiger partial charge on any atom is -0.376 e. The maximum absolute atomic E-state index is 6.24. The van der Waals surface area contributed by atoms with Gasteiger partial charge in [0.15, 0.2) is 0 Å². The van der Waals surface area contributed by atoms with Crippen LogP contribution in [0, 0.1) is 11.8 Å². The SMILES string of the molecule is CCC(C)C(C)(C(C)CC)[Si](OC)(OC)OC(C)C. The van der Waals surface area contributed by atoms with E-state index in [-0.39, 0.29) is 11.1 Å². The van der Waals surface area contributed by atoms with Crippen LogP contribution < -0.4 is 0 Å². The van der Waals surface area contributed by atoms with Crippen LogP contribution in [0.1, 0.15) is 61.3 Å². The smallest absolute Gasteiger partial charge is 0.376 e. The van der Waals surface area contributed by atoms with Crippen LogP contribution in [0.25, 0.3) is 0 Å². The predicted molar refractivity (Wildman–Crippen MR) is 83.3 cm³/mol. The summed E-state index contributed by atoms with van der Waals surface area (Å²) in [6, 6.07) is 0. The third-order valence-electron chi connectivity index (χ3n) is 4.86. The zero-order valence-electron chi connectivity index (χ0n) is 14.4. The van der Waals surface area contributed by atoms with Crippen LogP contribution >= 0.6 is 0 Å². The van der Waals surface area contributed by atoms with Crippen molar-refractivity contribution in [3.63, 3.8) is 0 Å². The third-order valence-corrected chi connectivity index (χ3v) is 9.02. The quantitative estimate of drug-likeness (QED) is 0.585. The molecule has 2 atom stereocenters. The second-order valence-electron chi connectivity index (χ2n) is 6.03. The first-order valence-electron chi connectivity index (χ1n) is 7.53. The first-order chi connectivity index (χ1) is 8.75. The second-order valence-corrected chi connectivity index (χ2v) is 9.27. The van der Waals surface area contributed by atoms with Crippen LogP contribution in [0.3, 0.4) is 0 Å². The second kappa shape index (κ2) is 7.77. The topological polar surface area (TPSA) is 27.7 Å². The molecule has 0 aliphatic rings. The van der Waals surface area contributed by atoms with Gasteiger partial charge in [0.2, 0.25) is 0 Å². The maximum Gasteiger partial charge on any atom is 0.507 e. The highest BCUT2D eigenvalue weighted by Gasteiger charge is 2.61. The fraction of sp³-hybridized carbons (Fsp3) is 1.00. The van der Waals surface area contributed by atoms with Crippen LogP contribution in [0.5, 0.6) is 0 Å². The number of hydrogen-bond donors (Lipinski definition) is 0. The molecule has 0 aliphatic heterocycles. The molecule has 0 aromatic carbocycles. The van der Waals surface area contributed by atoms with E-state index in [4.69, 9.17) is 13.3 Å². The standard InChI is InChI=1S/C15H34O3Si/c1-10-13(5)15(7,14(6)11-2)19(16-8,17-9)18-12(3)4/h12-14H,10-11H2,1-9H3. The Labute approximate surface area is 121 Å². The predicted octanol–water partition coefficient (Wildman–Crippen LogP) is 4.50. The van der Waals surface area contributed by atoms with Crippen molar-refractivity contribution in [1.29, 1.82) is 0 Å². The van der Waals surface area contributed by atoms with Crippen molar-refractivity contribution in [2.45, 2.75) is 72.5 Å². The highest BCUT2D eigenvalue weighted by molar-refractivity contribution is 6.64. The van der Waals surface area contributed by atoms with Gasteiger partial charge in [0, 0.05) is 25.4 Å². The molecule has 0 amide bonds. The summed E-state index contributed by atoms with van der Waals surface area (Å²) in [5, 5.41) is -0.0652. The largest absolute Gasteiger partial charge is 0.507 e. The monoisotopic (exact) mass is 290 g/mol. The van der Waals surface area contributed by atoms with E-state index in [1.807, 2.05) is 13.8 Å². The molecule has 0 saturated carbocycles. The fourth-order valence-corrected chi connectivity index (χ4v) is 6.72. The molecular formula is C15H34O3Si. The average molecular weight is 291 g/mol. The van der Waals surface area contributed by atoms with Gasteiger partial charge in [-0.2, -0.15) is 0 Å². The highest BCUT2D eigenvalue weighted by atomic mass is 28.4. The van der Waals surface area contributed by atoms with Crippen molar-refractivity contribution in [3.8, 4) is 0 Å². The lowest BCUT2D eigenvalue weighted by Crippen LogP contribution is -2.59. The molecule has 0 bridgehead atoms. The molecule has 2 unspecified atom stereocenters. The first kappa shape index (κ1) is 19.1. The van der Waals surface area contributed by atoms with Gasteiger partial charge in [-0.15, -0.1) is 0 Å². The number of hydrogen-bond acceptors (Lipinski definition) is 3. The summed E-state index contributed by atoms with van der Waals surface area (Å²) >= 11 is 0. The Hall–Kier alpha value is 0.0969. The van der Waals surface area contributed by atoms with Gasteiger partial charge in [0.1, 0.15) is 0 Å². The summed E-state index contributed by atoms with van der Waals surface area (Å²) in [6.45, 7) is 15.4. The fourth-order valence-electron chi connectivity index (χ4n) is 2.99. The Morgan fingerprint density at radius 1 is 0.895 bits per heavy atom. The summed E-state index contributed by atoms with van der Waals surface area (Å²) in [7, 11) is 0.746. The third kappa shape index (κ3) is 3.60. The Kier molecular flexibility index (Phi) is 7.81. The lowest BCUT2D eigenvalue weighted by atomic mass is 9.81. The molecule has 0 rings (SSSR count). The van der Waals surface area contributed by atoms with Crippen LogP contribution in [0.2, 0.25) is 5.04 Å². The van der Waals surface area contributed by atoms with Crippen molar-refractivity contribution in [3.05, 3.63) is 0 Å². The van der Waals surface area contributed by atoms with Crippen molar-refractivity contribution in [2.75, 3.05) is 14.2 Å². The minimum atomic E-state index is -2.73. The Balaban J connectivity index is 5.74. The van der Waals surface area contributed by atoms with Gasteiger partial charge in [0.25, 0.3) is 0 Å². The van der Waals surface area contributed by atoms with E-state index >= 15 is 0 Å². The summed E-state index contributed by atoms with van der Waals surface area (Å²) < 4.78 is 18.0. The average Bonchev–Trinajstić information content (AvgIpc) is 2.41. The molecule has 0 saturated heterocycles. The summed E-state index contributed by atoms with van der Waals surface area (Å²) in [5.41, 5.74) is 0. The van der Waals surface area contributed by atoms with E-state index in [0.29, 0.717) is 11.8 Å². The van der Waals surface area contributed by atoms with Gasteiger partial charge < -0.3 is 13.3 Å². The molecule has 0 aromatic rings. The van der Waals surface area contributed by atoms with Gasteiger partial charge in [-0.25, -0.2) is 0 Å². The van der Waals surface area contributed by atoms with E-state index in [1.165, 1.54) is 0 Å². The van der Waals surface area contributed by atoms with Gasteiger partial charge >= 0.3 is 8.80 Å². The van der Waals surface area contributed by atoms with Gasteiger partial charge in [-0.1, -0.05) is 47.5 Å². The number of rotatable bonds is 9. The molecule has 0 radical (unpaired) electrons. The lowest BCUT2D eigenvalue weighted by molar-refractivity contribution is 0.0202. The molecule has 4 heteroatoms. The normalized spacial score (nSPS) is 19.3. The van der Waals surface area contributed by atoms with E-state index < -0.39 is 8.80 Å². The minimum absolute atomic E-state index is 0.0652. The van der Waals surface area contributed by atoms with Crippen molar-refractivity contribution in [1.82, 2.24) is 0 Å².